The van der Waals surface area contributed by atoms with Crippen molar-refractivity contribution in [3.05, 3.63) is 93.3 Å². The quantitative estimate of drug-likeness (QED) is 0.348. The largest absolute Gasteiger partial charge is 0.394 e. The zero-order valence-corrected chi connectivity index (χ0v) is 18.0. The summed E-state index contributed by atoms with van der Waals surface area (Å²) in [4.78, 5) is 25.9. The van der Waals surface area contributed by atoms with Crippen molar-refractivity contribution in [3.63, 3.8) is 0 Å². The van der Waals surface area contributed by atoms with Gasteiger partial charge in [0.15, 0.2) is 6.23 Å². The Morgan fingerprint density at radius 3 is 2.24 bits per heavy atom. The Labute approximate surface area is 192 Å². The van der Waals surface area contributed by atoms with Crippen LogP contribution in [0.5, 0.6) is 0 Å². The molecule has 0 radical (unpaired) electrons. The van der Waals surface area contributed by atoms with Crippen LogP contribution in [0, 0.1) is 0 Å². The van der Waals surface area contributed by atoms with Gasteiger partial charge >= 0.3 is 5.69 Å². The van der Waals surface area contributed by atoms with E-state index in [0.29, 0.717) is 0 Å². The normalized spacial score (nSPS) is 22.9. The molecule has 0 bridgehead atoms. The van der Waals surface area contributed by atoms with Gasteiger partial charge in [-0.05, 0) is 50.0 Å². The molecule has 0 amide bonds. The van der Waals surface area contributed by atoms with E-state index in [4.69, 9.17) is 9.47 Å². The van der Waals surface area contributed by atoms with E-state index in [-0.39, 0.29) is 6.61 Å². The molecule has 0 aliphatic carbocycles. The second-order valence-electron chi connectivity index (χ2n) is 8.66. The monoisotopic (exact) mass is 458 g/mol. The minimum atomic E-state index is -1.15. The van der Waals surface area contributed by atoms with Gasteiger partial charge in [0.2, 0.25) is 0 Å². The molecular weight excluding hydrogens is 436 g/mol. The molecule has 5 aromatic rings. The molecule has 1 aliphatic rings. The van der Waals surface area contributed by atoms with Crippen molar-refractivity contribution in [3.8, 4) is 0 Å². The first-order valence-electron chi connectivity index (χ1n) is 11.1. The first-order chi connectivity index (χ1) is 16.5. The molecule has 2 unspecified atom stereocenters. The van der Waals surface area contributed by atoms with E-state index in [2.05, 4.69) is 59.6 Å². The predicted molar refractivity (Wildman–Crippen MR) is 127 cm³/mol. The van der Waals surface area contributed by atoms with Gasteiger partial charge in [-0.3, -0.25) is 14.3 Å². The molecule has 4 aromatic carbocycles. The Morgan fingerprint density at radius 2 is 1.59 bits per heavy atom. The van der Waals surface area contributed by atoms with Crippen molar-refractivity contribution in [2.75, 3.05) is 6.61 Å². The molecule has 34 heavy (non-hydrogen) atoms. The van der Waals surface area contributed by atoms with E-state index in [1.54, 1.807) is 0 Å². The number of H-pyrrole nitrogens is 1. The fraction of sp³-hybridized carbons (Fsp3) is 0.231. The van der Waals surface area contributed by atoms with E-state index in [1.165, 1.54) is 33.8 Å². The van der Waals surface area contributed by atoms with Crippen LogP contribution in [0.4, 0.5) is 0 Å². The predicted octanol–water partition coefficient (Wildman–Crippen LogP) is 2.27. The highest BCUT2D eigenvalue weighted by molar-refractivity contribution is 6.23. The highest BCUT2D eigenvalue weighted by Crippen LogP contribution is 2.36. The Bertz CT molecular complexity index is 1560. The first-order valence-corrected chi connectivity index (χ1v) is 11.1. The summed E-state index contributed by atoms with van der Waals surface area (Å²) in [6.45, 7) is -0.274. The number of ether oxygens (including phenoxy) is 2. The first kappa shape index (κ1) is 21.0. The van der Waals surface area contributed by atoms with Crippen LogP contribution in [0.15, 0.2) is 76.4 Å². The summed E-state index contributed by atoms with van der Waals surface area (Å²) in [5.41, 5.74) is -0.317. The zero-order valence-electron chi connectivity index (χ0n) is 18.0. The van der Waals surface area contributed by atoms with E-state index in [9.17, 15) is 19.8 Å². The van der Waals surface area contributed by atoms with E-state index >= 15 is 0 Å². The summed E-state index contributed by atoms with van der Waals surface area (Å²) in [7, 11) is 0. The van der Waals surface area contributed by atoms with Gasteiger partial charge < -0.3 is 19.7 Å². The maximum Gasteiger partial charge on any atom is 0.330 e. The number of aliphatic hydroxyl groups is 2. The smallest absolute Gasteiger partial charge is 0.330 e. The van der Waals surface area contributed by atoms with Crippen LogP contribution in [-0.4, -0.2) is 44.7 Å². The lowest BCUT2D eigenvalue weighted by atomic mass is 9.93. The average molecular weight is 458 g/mol. The van der Waals surface area contributed by atoms with Gasteiger partial charge in [0.05, 0.1) is 13.2 Å². The molecule has 1 aliphatic heterocycles. The van der Waals surface area contributed by atoms with E-state index in [1.807, 2.05) is 0 Å². The highest BCUT2D eigenvalue weighted by Gasteiger charge is 2.45. The molecule has 0 spiro atoms. The lowest BCUT2D eigenvalue weighted by Gasteiger charge is -2.22. The number of benzene rings is 4. The van der Waals surface area contributed by atoms with Crippen molar-refractivity contribution in [1.29, 1.82) is 0 Å². The number of hydrogen-bond acceptors (Lipinski definition) is 6. The van der Waals surface area contributed by atoms with Gasteiger partial charge in [0.1, 0.15) is 18.3 Å². The SMILES string of the molecule is O=c1ccn([C@H]2O[C@@H](CO)C(O)C2OCc2cc3ccc4cccc5ccc(c2)c3c45)c(=O)[nH]1. The lowest BCUT2D eigenvalue weighted by Crippen LogP contribution is -2.39. The van der Waals surface area contributed by atoms with Gasteiger partial charge in [-0.2, -0.15) is 0 Å². The third-order valence-corrected chi connectivity index (χ3v) is 6.58. The third kappa shape index (κ3) is 3.31. The molecule has 1 fully saturated rings. The Balaban J connectivity index is 1.35. The van der Waals surface area contributed by atoms with Crippen LogP contribution >= 0.6 is 0 Å². The van der Waals surface area contributed by atoms with Gasteiger partial charge in [0.25, 0.3) is 5.56 Å². The summed E-state index contributed by atoms with van der Waals surface area (Å²) < 4.78 is 12.9. The van der Waals surface area contributed by atoms with Gasteiger partial charge in [-0.15, -0.1) is 0 Å². The van der Waals surface area contributed by atoms with Gasteiger partial charge in [-0.1, -0.05) is 42.5 Å². The average Bonchev–Trinajstić information content (AvgIpc) is 3.16. The van der Waals surface area contributed by atoms with Crippen LogP contribution in [-0.2, 0) is 16.1 Å². The second-order valence-corrected chi connectivity index (χ2v) is 8.66. The van der Waals surface area contributed by atoms with Gasteiger partial charge in [-0.25, -0.2) is 4.79 Å². The molecule has 172 valence electrons. The number of rotatable bonds is 5. The molecule has 6 rings (SSSR count). The minimum Gasteiger partial charge on any atom is -0.394 e. The highest BCUT2D eigenvalue weighted by atomic mass is 16.6. The molecule has 0 saturated carbocycles. The lowest BCUT2D eigenvalue weighted by molar-refractivity contribution is -0.0797. The number of aromatic amines is 1. The molecule has 2 heterocycles. The van der Waals surface area contributed by atoms with Crippen molar-refractivity contribution in [2.24, 2.45) is 0 Å². The molecular formula is C26H22N2O6. The second kappa shape index (κ2) is 8.03. The van der Waals surface area contributed by atoms with Crippen LogP contribution < -0.4 is 11.2 Å². The Kier molecular flexibility index (Phi) is 4.96. The number of aliphatic hydroxyl groups excluding tert-OH is 2. The molecule has 4 atom stereocenters. The number of nitrogens with one attached hydrogen (secondary N) is 1. The van der Waals surface area contributed by atoms with Crippen molar-refractivity contribution >= 4 is 32.3 Å². The standard InChI is InChI=1S/C26H22N2O6/c29-12-19-23(31)24(25(34-19)28-9-8-20(30)27-26(28)32)33-13-14-10-17-6-4-15-2-1-3-16-5-7-18(11-14)22(17)21(15)16/h1-11,19,23-25,29,31H,12-13H2,(H,27,30,32)/t19-,23?,24?,25-/m0/s1. The fourth-order valence-electron chi connectivity index (χ4n) is 4.99. The maximum absolute atomic E-state index is 12.3. The Hall–Kier alpha value is -3.56. The van der Waals surface area contributed by atoms with Crippen LogP contribution in [0.3, 0.4) is 0 Å². The fourth-order valence-corrected chi connectivity index (χ4v) is 4.99. The summed E-state index contributed by atoms with van der Waals surface area (Å²) in [5, 5.41) is 27.3. The molecule has 1 aromatic heterocycles. The van der Waals surface area contributed by atoms with Crippen molar-refractivity contribution in [2.45, 2.75) is 31.1 Å². The zero-order chi connectivity index (χ0) is 23.4. The van der Waals surface area contributed by atoms with E-state index in [0.717, 1.165) is 20.9 Å². The summed E-state index contributed by atoms with van der Waals surface area (Å²) in [5.74, 6) is 0. The number of hydrogen-bond donors (Lipinski definition) is 3. The minimum absolute atomic E-state index is 0.161. The Morgan fingerprint density at radius 1 is 0.941 bits per heavy atom. The van der Waals surface area contributed by atoms with Gasteiger partial charge in [0, 0.05) is 12.3 Å². The molecule has 3 N–H and O–H groups in total. The van der Waals surface area contributed by atoms with Crippen molar-refractivity contribution in [1.82, 2.24) is 9.55 Å². The molecule has 8 heteroatoms. The molecule has 1 saturated heterocycles. The van der Waals surface area contributed by atoms with Crippen LogP contribution in [0.1, 0.15) is 11.8 Å². The van der Waals surface area contributed by atoms with Crippen LogP contribution in [0.25, 0.3) is 32.3 Å². The molecule has 8 nitrogen and oxygen atoms in total. The van der Waals surface area contributed by atoms with Crippen LogP contribution in [0.2, 0.25) is 0 Å². The van der Waals surface area contributed by atoms with Crippen molar-refractivity contribution < 1.29 is 19.7 Å². The summed E-state index contributed by atoms with van der Waals surface area (Å²) in [6.07, 6.45) is -2.70. The number of nitrogens with zero attached hydrogens (tertiary/aromatic N) is 1. The summed E-state index contributed by atoms with van der Waals surface area (Å²) in [6, 6.07) is 20.0. The maximum atomic E-state index is 12.3. The van der Waals surface area contributed by atoms with E-state index < -0.39 is 42.4 Å². The summed E-state index contributed by atoms with van der Waals surface area (Å²) >= 11 is 0. The third-order valence-electron chi connectivity index (χ3n) is 6.58. The topological polar surface area (TPSA) is 114 Å². The number of aromatic nitrogens is 2.